The lowest BCUT2D eigenvalue weighted by molar-refractivity contribution is -0.127. The highest BCUT2D eigenvalue weighted by atomic mass is 35.5. The van der Waals surface area contributed by atoms with Gasteiger partial charge < -0.3 is 5.32 Å². The number of ketones is 1. The number of azide groups is 1. The smallest absolute Gasteiger partial charge is 0.248 e. The van der Waals surface area contributed by atoms with E-state index in [1.165, 1.54) is 4.90 Å². The standard InChI is InChI=1S/C36H34ClN5O3/c37-28-22-20-26(21-23-28)33(35(44)39-29-16-8-3-9-17-29)42(36(45)31(40-41-38)24-25-12-4-1-5-13-25)32-19-11-10-18-30(32)34(43)27-14-6-2-7-15-27/h1-2,4-7,10-15,18-23,29,31,33H,3,8-9,16-17,24H2,(H,39,44)/t31-,33?/m0/s1. The summed E-state index contributed by atoms with van der Waals surface area (Å²) in [5.74, 6) is -1.31. The molecule has 45 heavy (non-hydrogen) atoms. The van der Waals surface area contributed by atoms with E-state index in [1.807, 2.05) is 36.4 Å². The first-order valence-electron chi connectivity index (χ1n) is 15.1. The second kappa shape index (κ2) is 15.2. The highest BCUT2D eigenvalue weighted by molar-refractivity contribution is 6.30. The minimum absolute atomic E-state index is 0.0450. The number of hydrogen-bond acceptors (Lipinski definition) is 4. The molecule has 2 atom stereocenters. The molecule has 228 valence electrons. The summed E-state index contributed by atoms with van der Waals surface area (Å²) in [7, 11) is 0. The number of carbonyl (C=O) groups excluding carboxylic acids is 3. The molecule has 2 amide bonds. The molecule has 0 spiro atoms. The molecule has 9 heteroatoms. The van der Waals surface area contributed by atoms with Gasteiger partial charge in [0.2, 0.25) is 11.8 Å². The highest BCUT2D eigenvalue weighted by Gasteiger charge is 2.38. The molecule has 4 aromatic carbocycles. The molecule has 1 N–H and O–H groups in total. The average molecular weight is 620 g/mol. The number of anilines is 1. The summed E-state index contributed by atoms with van der Waals surface area (Å²) in [4.78, 5) is 47.4. The Labute approximate surface area is 267 Å². The molecule has 0 radical (unpaired) electrons. The maximum atomic E-state index is 14.8. The second-order valence-corrected chi connectivity index (χ2v) is 11.6. The van der Waals surface area contributed by atoms with E-state index in [9.17, 15) is 19.9 Å². The average Bonchev–Trinajstić information content (AvgIpc) is 3.08. The number of para-hydroxylation sites is 1. The maximum Gasteiger partial charge on any atom is 0.248 e. The summed E-state index contributed by atoms with van der Waals surface area (Å²) in [6, 6.07) is 29.0. The molecule has 0 aromatic heterocycles. The van der Waals surface area contributed by atoms with E-state index in [1.54, 1.807) is 72.8 Å². The van der Waals surface area contributed by atoms with Crippen LogP contribution in [0.3, 0.4) is 0 Å². The Bertz CT molecular complexity index is 1670. The summed E-state index contributed by atoms with van der Waals surface area (Å²) < 4.78 is 0. The van der Waals surface area contributed by atoms with Crippen molar-refractivity contribution >= 4 is 34.9 Å². The molecular formula is C36H34ClN5O3. The van der Waals surface area contributed by atoms with E-state index >= 15 is 0 Å². The molecular weight excluding hydrogens is 586 g/mol. The van der Waals surface area contributed by atoms with E-state index in [2.05, 4.69) is 15.3 Å². The van der Waals surface area contributed by atoms with Gasteiger partial charge in [-0.25, -0.2) is 0 Å². The summed E-state index contributed by atoms with van der Waals surface area (Å²) >= 11 is 6.25. The van der Waals surface area contributed by atoms with Gasteiger partial charge in [-0.05, 0) is 60.2 Å². The molecule has 0 bridgehead atoms. The van der Waals surface area contributed by atoms with Crippen molar-refractivity contribution < 1.29 is 14.4 Å². The zero-order valence-electron chi connectivity index (χ0n) is 24.8. The first-order chi connectivity index (χ1) is 22.0. The molecule has 1 aliphatic carbocycles. The van der Waals surface area contributed by atoms with Crippen molar-refractivity contribution in [3.05, 3.63) is 147 Å². The van der Waals surface area contributed by atoms with Crippen molar-refractivity contribution in [3.63, 3.8) is 0 Å². The first-order valence-corrected chi connectivity index (χ1v) is 15.5. The number of benzene rings is 4. The maximum absolute atomic E-state index is 14.8. The number of halogens is 1. The predicted octanol–water partition coefficient (Wildman–Crippen LogP) is 8.02. The van der Waals surface area contributed by atoms with Crippen LogP contribution < -0.4 is 10.2 Å². The minimum atomic E-state index is -1.20. The Kier molecular flexibility index (Phi) is 10.6. The van der Waals surface area contributed by atoms with Crippen molar-refractivity contribution in [1.82, 2.24) is 5.32 Å². The van der Waals surface area contributed by atoms with Gasteiger partial charge in [-0.3, -0.25) is 19.3 Å². The quantitative estimate of drug-likeness (QED) is 0.0793. The lowest BCUT2D eigenvalue weighted by atomic mass is 9.93. The van der Waals surface area contributed by atoms with Crippen LogP contribution in [-0.4, -0.2) is 29.7 Å². The molecule has 1 aliphatic rings. The third-order valence-electron chi connectivity index (χ3n) is 8.07. The fourth-order valence-corrected chi connectivity index (χ4v) is 5.96. The predicted molar refractivity (Wildman–Crippen MR) is 176 cm³/mol. The molecule has 1 unspecified atom stereocenters. The number of amides is 2. The minimum Gasteiger partial charge on any atom is -0.351 e. The van der Waals surface area contributed by atoms with Gasteiger partial charge in [-0.2, -0.15) is 0 Å². The molecule has 0 aliphatic heterocycles. The van der Waals surface area contributed by atoms with E-state index in [0.717, 1.165) is 37.7 Å². The third-order valence-corrected chi connectivity index (χ3v) is 8.33. The number of nitrogens with zero attached hydrogens (tertiary/aromatic N) is 4. The van der Waals surface area contributed by atoms with Crippen molar-refractivity contribution in [2.24, 2.45) is 5.11 Å². The van der Waals surface area contributed by atoms with Crippen LogP contribution in [0.5, 0.6) is 0 Å². The van der Waals surface area contributed by atoms with Crippen molar-refractivity contribution in [2.45, 2.75) is 56.7 Å². The first kappa shape index (κ1) is 31.5. The second-order valence-electron chi connectivity index (χ2n) is 11.1. The number of carbonyl (C=O) groups is 3. The lowest BCUT2D eigenvalue weighted by Crippen LogP contribution is -2.50. The Balaban J connectivity index is 1.68. The van der Waals surface area contributed by atoms with Crippen molar-refractivity contribution in [2.75, 3.05) is 4.90 Å². The molecule has 0 heterocycles. The van der Waals surface area contributed by atoms with Crippen LogP contribution >= 0.6 is 11.6 Å². The largest absolute Gasteiger partial charge is 0.351 e. The van der Waals surface area contributed by atoms with E-state index in [4.69, 9.17) is 11.6 Å². The van der Waals surface area contributed by atoms with Gasteiger partial charge in [0.15, 0.2) is 5.78 Å². The van der Waals surface area contributed by atoms with E-state index in [0.29, 0.717) is 16.1 Å². The van der Waals surface area contributed by atoms with Crippen molar-refractivity contribution in [3.8, 4) is 0 Å². The van der Waals surface area contributed by atoms with Crippen LogP contribution in [0.1, 0.15) is 65.2 Å². The Morgan fingerprint density at radius 1 is 0.844 bits per heavy atom. The number of nitrogens with one attached hydrogen (secondary N) is 1. The number of rotatable bonds is 11. The molecule has 1 fully saturated rings. The van der Waals surface area contributed by atoms with Crippen LogP contribution in [0, 0.1) is 0 Å². The normalized spacial score (nSPS) is 14.4. The SMILES string of the molecule is [N-]=[N+]=N[C@@H](Cc1ccccc1)C(=O)N(c1ccccc1C(=O)c1ccccc1)C(C(=O)NC1CCCCC1)c1ccc(Cl)cc1. The summed E-state index contributed by atoms with van der Waals surface area (Å²) in [6.07, 6.45) is 4.90. The zero-order valence-corrected chi connectivity index (χ0v) is 25.5. The molecule has 0 saturated heterocycles. The zero-order chi connectivity index (χ0) is 31.6. The number of hydrogen-bond donors (Lipinski definition) is 1. The van der Waals surface area contributed by atoms with Crippen LogP contribution in [-0.2, 0) is 16.0 Å². The van der Waals surface area contributed by atoms with Crippen LogP contribution in [0.4, 0.5) is 5.69 Å². The molecule has 1 saturated carbocycles. The highest BCUT2D eigenvalue weighted by Crippen LogP contribution is 2.34. The van der Waals surface area contributed by atoms with Gasteiger partial charge in [0.25, 0.3) is 0 Å². The lowest BCUT2D eigenvalue weighted by Gasteiger charge is -2.35. The topological polar surface area (TPSA) is 115 Å². The summed E-state index contributed by atoms with van der Waals surface area (Å²) in [5.41, 5.74) is 11.8. The van der Waals surface area contributed by atoms with E-state index in [-0.39, 0.29) is 35.4 Å². The van der Waals surface area contributed by atoms with Gasteiger partial charge in [0.1, 0.15) is 12.1 Å². The van der Waals surface area contributed by atoms with Gasteiger partial charge in [-0.15, -0.1) is 0 Å². The molecule has 4 aromatic rings. The Morgan fingerprint density at radius 3 is 2.13 bits per heavy atom. The van der Waals surface area contributed by atoms with Crippen LogP contribution in [0.15, 0.2) is 114 Å². The molecule has 8 nitrogen and oxygen atoms in total. The monoisotopic (exact) mass is 619 g/mol. The van der Waals surface area contributed by atoms with Gasteiger partial charge in [0, 0.05) is 27.1 Å². The third kappa shape index (κ3) is 7.79. The van der Waals surface area contributed by atoms with E-state index < -0.39 is 18.0 Å². The molecule has 5 rings (SSSR count). The van der Waals surface area contributed by atoms with Crippen molar-refractivity contribution in [1.29, 1.82) is 0 Å². The fourth-order valence-electron chi connectivity index (χ4n) is 5.83. The summed E-state index contributed by atoms with van der Waals surface area (Å²) in [6.45, 7) is 0. The van der Waals surface area contributed by atoms with Crippen LogP contribution in [0.25, 0.3) is 10.4 Å². The Morgan fingerprint density at radius 2 is 1.47 bits per heavy atom. The van der Waals surface area contributed by atoms with Gasteiger partial charge in [0.05, 0.1) is 5.69 Å². The Hall–Kier alpha value is -4.91. The van der Waals surface area contributed by atoms with Gasteiger partial charge >= 0.3 is 0 Å². The van der Waals surface area contributed by atoms with Gasteiger partial charge in [-0.1, -0.05) is 121 Å². The van der Waals surface area contributed by atoms with Crippen LogP contribution in [0.2, 0.25) is 5.02 Å². The fraction of sp³-hybridized carbons (Fsp3) is 0.250. The summed E-state index contributed by atoms with van der Waals surface area (Å²) in [5, 5.41) is 7.57.